The molecule has 10 heteroatoms. The minimum atomic E-state index is -0.327. The van der Waals surface area contributed by atoms with Crippen LogP contribution in [0.2, 0.25) is 0 Å². The molecule has 0 saturated carbocycles. The number of benzene rings is 2. The lowest BCUT2D eigenvalue weighted by atomic mass is 10.1. The zero-order chi connectivity index (χ0) is 43.0. The molecule has 0 unspecified atom stereocenters. The highest BCUT2D eigenvalue weighted by molar-refractivity contribution is 5.77. The molecule has 2 aromatic carbocycles. The Morgan fingerprint density at radius 2 is 0.738 bits per heavy atom. The molecule has 0 aliphatic heterocycles. The third-order valence-corrected chi connectivity index (χ3v) is 11.4. The minimum absolute atomic E-state index is 0.0136. The fourth-order valence-corrected chi connectivity index (χ4v) is 7.67. The van der Waals surface area contributed by atoms with Crippen LogP contribution in [0.4, 0.5) is 0 Å². The van der Waals surface area contributed by atoms with Crippen molar-refractivity contribution < 1.29 is 37.4 Å². The Morgan fingerprint density at radius 3 is 1.08 bits per heavy atom. The van der Waals surface area contributed by atoms with E-state index in [2.05, 4.69) is 23.8 Å². The fourth-order valence-electron chi connectivity index (χ4n) is 7.67. The molecule has 4 rings (SSSR count). The molecule has 10 nitrogen and oxygen atoms in total. The van der Waals surface area contributed by atoms with E-state index in [1.807, 2.05) is 36.4 Å². The Bertz CT molecular complexity index is 1620. The van der Waals surface area contributed by atoms with Crippen LogP contribution < -0.4 is 18.9 Å². The number of carbonyl (C=O) groups is 2. The summed E-state index contributed by atoms with van der Waals surface area (Å²) in [4.78, 5) is 33.5. The normalized spacial score (nSPS) is 11.4. The highest BCUT2D eigenvalue weighted by Gasteiger charge is 2.14. The van der Waals surface area contributed by atoms with E-state index in [1.165, 1.54) is 116 Å². The molecule has 340 valence electrons. The molecule has 0 aliphatic carbocycles. The first-order valence-electron chi connectivity index (χ1n) is 24.5. The molecular weight excluding hydrogens is 769 g/mol. The summed E-state index contributed by atoms with van der Waals surface area (Å²) in [5, 5.41) is 0. The first-order valence-corrected chi connectivity index (χ1v) is 24.5. The van der Waals surface area contributed by atoms with Crippen molar-refractivity contribution in [2.45, 2.75) is 213 Å². The van der Waals surface area contributed by atoms with Gasteiger partial charge < -0.3 is 27.8 Å². The Labute approximate surface area is 366 Å². The number of esters is 2. The number of hydrogen-bond acceptors (Lipinski definition) is 10. The summed E-state index contributed by atoms with van der Waals surface area (Å²) >= 11 is 0. The number of ether oxygens (including phenoxy) is 4. The predicted octanol–water partition coefficient (Wildman–Crippen LogP) is 15.4. The number of unbranched alkanes of at least 4 members (excludes halogenated alkanes) is 26. The van der Waals surface area contributed by atoms with E-state index in [9.17, 15) is 9.59 Å². The molecule has 0 atom stereocenters. The lowest BCUT2D eigenvalue weighted by Gasteiger charge is -2.06. The van der Waals surface area contributed by atoms with Crippen LogP contribution in [-0.2, 0) is 9.59 Å². The number of aromatic nitrogens is 2. The summed E-state index contributed by atoms with van der Waals surface area (Å²) in [6.45, 7) is 5.88. The number of carbonyl (C=O) groups excluding carboxylic acids is 2. The van der Waals surface area contributed by atoms with Gasteiger partial charge in [-0.1, -0.05) is 174 Å². The number of fused-ring (bicyclic) bond motifs is 2. The zero-order valence-electron chi connectivity index (χ0n) is 38.0. The van der Waals surface area contributed by atoms with E-state index in [0.29, 0.717) is 48.3 Å². The lowest BCUT2D eigenvalue weighted by molar-refractivity contribution is -0.137. The van der Waals surface area contributed by atoms with E-state index in [1.54, 1.807) is 0 Å². The molecule has 61 heavy (non-hydrogen) atoms. The van der Waals surface area contributed by atoms with Crippen molar-refractivity contribution in [3.63, 3.8) is 0 Å². The third-order valence-electron chi connectivity index (χ3n) is 11.4. The molecular formula is C51H78N2O8. The van der Waals surface area contributed by atoms with Crippen LogP contribution in [0.15, 0.2) is 45.2 Å². The fraction of sp³-hybridized carbons (Fsp3) is 0.686. The standard InChI is InChI=1S/C51H78N2O8/c1-3-5-7-9-11-13-18-22-26-30-38-56-42-34-36-44-46(40-42)58-50(52-44)60-48(54)32-28-24-20-16-15-17-21-25-29-33-49(55)61-51-53-45-37-35-43(41-47(45)59-51)57-39-31-27-23-19-14-12-10-8-6-4-2/h34-37,40-41H,3-33,38-39H2,1-2H3. The van der Waals surface area contributed by atoms with Gasteiger partial charge >= 0.3 is 24.1 Å². The minimum Gasteiger partial charge on any atom is -0.493 e. The summed E-state index contributed by atoms with van der Waals surface area (Å²) in [5.74, 6) is 0.827. The van der Waals surface area contributed by atoms with Gasteiger partial charge in [-0.3, -0.25) is 9.59 Å². The number of nitrogens with zero attached hydrogens (tertiary/aromatic N) is 2. The van der Waals surface area contributed by atoms with Crippen molar-refractivity contribution in [3.05, 3.63) is 36.4 Å². The maximum Gasteiger partial charge on any atom is 0.402 e. The van der Waals surface area contributed by atoms with Gasteiger partial charge in [-0.25, -0.2) is 0 Å². The third kappa shape index (κ3) is 22.0. The molecule has 0 amide bonds. The van der Waals surface area contributed by atoms with E-state index < -0.39 is 0 Å². The Morgan fingerprint density at radius 1 is 0.426 bits per heavy atom. The van der Waals surface area contributed by atoms with Gasteiger partial charge in [-0.2, -0.15) is 9.97 Å². The number of hydrogen-bond donors (Lipinski definition) is 0. The van der Waals surface area contributed by atoms with Crippen molar-refractivity contribution in [2.75, 3.05) is 13.2 Å². The van der Waals surface area contributed by atoms with Gasteiger partial charge in [0.05, 0.1) is 13.2 Å². The second-order valence-electron chi connectivity index (χ2n) is 16.9. The van der Waals surface area contributed by atoms with Crippen LogP contribution >= 0.6 is 0 Å². The van der Waals surface area contributed by atoms with Crippen LogP contribution in [0.3, 0.4) is 0 Å². The van der Waals surface area contributed by atoms with E-state index in [0.717, 1.165) is 82.1 Å². The SMILES string of the molecule is CCCCCCCCCCCCOc1ccc2nc(OC(=O)CCCCCCCCCCCC(=O)Oc3nc4ccc(OCCCCCCCCCCCC)cc4o3)oc2c1. The van der Waals surface area contributed by atoms with Gasteiger partial charge in [0.25, 0.3) is 0 Å². The molecule has 0 aliphatic rings. The molecule has 0 spiro atoms. The molecule has 4 aromatic rings. The summed E-state index contributed by atoms with van der Waals surface area (Å²) in [5.41, 5.74) is 2.39. The summed E-state index contributed by atoms with van der Waals surface area (Å²) in [6.07, 6.45) is 35.5. The Hall–Kier alpha value is -4.08. The van der Waals surface area contributed by atoms with Gasteiger partial charge in [0.2, 0.25) is 0 Å². The van der Waals surface area contributed by atoms with Crippen molar-refractivity contribution in [3.8, 4) is 23.7 Å². The van der Waals surface area contributed by atoms with Crippen LogP contribution in [0, 0.1) is 0 Å². The maximum absolute atomic E-state index is 12.4. The molecule has 0 radical (unpaired) electrons. The first-order chi connectivity index (χ1) is 30.0. The van der Waals surface area contributed by atoms with Crippen LogP contribution in [-0.4, -0.2) is 35.1 Å². The molecule has 2 heterocycles. The molecule has 0 fully saturated rings. The maximum atomic E-state index is 12.4. The van der Waals surface area contributed by atoms with Crippen molar-refractivity contribution in [2.24, 2.45) is 0 Å². The molecule has 0 saturated heterocycles. The predicted molar refractivity (Wildman–Crippen MR) is 245 cm³/mol. The number of rotatable bonds is 38. The average molecular weight is 847 g/mol. The smallest absolute Gasteiger partial charge is 0.402 e. The van der Waals surface area contributed by atoms with Gasteiger partial charge in [0.15, 0.2) is 11.2 Å². The van der Waals surface area contributed by atoms with Crippen molar-refractivity contribution >= 4 is 34.1 Å². The largest absolute Gasteiger partial charge is 0.493 e. The van der Waals surface area contributed by atoms with Crippen LogP contribution in [0.25, 0.3) is 22.2 Å². The van der Waals surface area contributed by atoms with E-state index in [4.69, 9.17) is 27.8 Å². The summed E-state index contributed by atoms with van der Waals surface area (Å²) < 4.78 is 34.1. The van der Waals surface area contributed by atoms with Gasteiger partial charge in [-0.05, 0) is 49.9 Å². The first kappa shape index (κ1) is 49.6. The van der Waals surface area contributed by atoms with E-state index in [-0.39, 0.29) is 24.1 Å². The van der Waals surface area contributed by atoms with Crippen LogP contribution in [0.5, 0.6) is 23.7 Å². The Kier molecular flexibility index (Phi) is 25.8. The van der Waals surface area contributed by atoms with E-state index >= 15 is 0 Å². The topological polar surface area (TPSA) is 123 Å². The molecule has 0 bridgehead atoms. The lowest BCUT2D eigenvalue weighted by Crippen LogP contribution is -2.07. The molecule has 0 N–H and O–H groups in total. The highest BCUT2D eigenvalue weighted by atomic mass is 16.6. The summed E-state index contributed by atoms with van der Waals surface area (Å²) in [7, 11) is 0. The van der Waals surface area contributed by atoms with Crippen molar-refractivity contribution in [1.29, 1.82) is 0 Å². The van der Waals surface area contributed by atoms with Gasteiger partial charge in [0.1, 0.15) is 22.5 Å². The van der Waals surface area contributed by atoms with Crippen molar-refractivity contribution in [1.82, 2.24) is 9.97 Å². The highest BCUT2D eigenvalue weighted by Crippen LogP contribution is 2.27. The average Bonchev–Trinajstić information content (AvgIpc) is 3.85. The zero-order valence-corrected chi connectivity index (χ0v) is 38.0. The Balaban J connectivity index is 0.942. The monoisotopic (exact) mass is 847 g/mol. The second-order valence-corrected chi connectivity index (χ2v) is 16.9. The van der Waals surface area contributed by atoms with Gasteiger partial charge in [0, 0.05) is 25.0 Å². The quantitative estimate of drug-likeness (QED) is 0.0318. The molecule has 2 aromatic heterocycles. The number of oxazole rings is 2. The van der Waals surface area contributed by atoms with Gasteiger partial charge in [-0.15, -0.1) is 0 Å². The summed E-state index contributed by atoms with van der Waals surface area (Å²) in [6, 6.07) is 11.1. The second kappa shape index (κ2) is 31.7. The van der Waals surface area contributed by atoms with Crippen LogP contribution in [0.1, 0.15) is 213 Å².